The van der Waals surface area contributed by atoms with Crippen LogP contribution in [0.5, 0.6) is 0 Å². The number of nitrogens with one attached hydrogen (secondary N) is 1. The molecule has 1 aliphatic heterocycles. The Hall–Kier alpha value is -1.47. The minimum absolute atomic E-state index is 0.0783. The van der Waals surface area contributed by atoms with Gasteiger partial charge in [-0.3, -0.25) is 4.79 Å². The quantitative estimate of drug-likeness (QED) is 0.736. The van der Waals surface area contributed by atoms with E-state index in [1.165, 1.54) is 0 Å². The van der Waals surface area contributed by atoms with Crippen LogP contribution >= 0.6 is 0 Å². The lowest BCUT2D eigenvalue weighted by atomic mass is 10.2. The Balaban J connectivity index is 2.05. The van der Waals surface area contributed by atoms with E-state index in [9.17, 15) is 4.79 Å². The van der Waals surface area contributed by atoms with Crippen molar-refractivity contribution in [3.05, 3.63) is 11.9 Å². The van der Waals surface area contributed by atoms with E-state index < -0.39 is 0 Å². The molecule has 0 aliphatic carbocycles. The summed E-state index contributed by atoms with van der Waals surface area (Å²) in [6.45, 7) is 6.26. The molecule has 1 aliphatic rings. The van der Waals surface area contributed by atoms with Gasteiger partial charge in [-0.05, 0) is 20.3 Å². The summed E-state index contributed by atoms with van der Waals surface area (Å²) in [7, 11) is 0. The fourth-order valence-electron chi connectivity index (χ4n) is 2.00. The summed E-state index contributed by atoms with van der Waals surface area (Å²) >= 11 is 0. The number of aliphatic hydroxyl groups is 1. The third kappa shape index (κ3) is 3.10. The Kier molecular flexibility index (Phi) is 4.49. The molecule has 1 saturated heterocycles. The number of aliphatic hydroxyl groups excluding tert-OH is 1. The number of hydrogen-bond donors (Lipinski definition) is 2. The van der Waals surface area contributed by atoms with Gasteiger partial charge in [-0.25, -0.2) is 4.68 Å². The predicted octanol–water partition coefficient (Wildman–Crippen LogP) is -0.345. The van der Waals surface area contributed by atoms with Crippen molar-refractivity contribution < 1.29 is 9.90 Å². The summed E-state index contributed by atoms with van der Waals surface area (Å²) < 4.78 is 1.74. The van der Waals surface area contributed by atoms with Gasteiger partial charge < -0.3 is 15.3 Å². The molecule has 0 bridgehead atoms. The number of nitrogens with zero attached hydrogens (tertiary/aromatic N) is 4. The van der Waals surface area contributed by atoms with Crippen molar-refractivity contribution in [2.45, 2.75) is 32.4 Å². The minimum atomic E-state index is -0.123. The van der Waals surface area contributed by atoms with Crippen LogP contribution in [0.15, 0.2) is 6.20 Å². The van der Waals surface area contributed by atoms with Crippen molar-refractivity contribution in [1.82, 2.24) is 25.2 Å². The molecule has 2 N–H and O–H groups in total. The molecule has 1 amide bonds. The van der Waals surface area contributed by atoms with Crippen LogP contribution in [0.4, 0.5) is 0 Å². The second-order valence-electron chi connectivity index (χ2n) is 5.07. The third-order valence-corrected chi connectivity index (χ3v) is 3.30. The highest BCUT2D eigenvalue weighted by molar-refractivity contribution is 5.92. The van der Waals surface area contributed by atoms with Crippen molar-refractivity contribution >= 4 is 5.91 Å². The van der Waals surface area contributed by atoms with E-state index in [1.807, 2.05) is 13.8 Å². The number of aromatic nitrogens is 3. The van der Waals surface area contributed by atoms with Gasteiger partial charge in [0.2, 0.25) is 0 Å². The zero-order chi connectivity index (χ0) is 13.8. The molecule has 0 aromatic carbocycles. The Bertz CT molecular complexity index is 428. The van der Waals surface area contributed by atoms with E-state index in [4.69, 9.17) is 5.11 Å². The lowest BCUT2D eigenvalue weighted by Crippen LogP contribution is -2.43. The molecule has 1 aromatic heterocycles. The van der Waals surface area contributed by atoms with Gasteiger partial charge >= 0.3 is 0 Å². The summed E-state index contributed by atoms with van der Waals surface area (Å²) in [4.78, 5) is 14.1. The van der Waals surface area contributed by atoms with Crippen LogP contribution in [-0.2, 0) is 0 Å². The minimum Gasteiger partial charge on any atom is -0.396 e. The first kappa shape index (κ1) is 14.0. The van der Waals surface area contributed by atoms with Crippen LogP contribution in [0.3, 0.4) is 0 Å². The molecule has 7 nitrogen and oxygen atoms in total. The molecule has 2 heterocycles. The molecule has 7 heteroatoms. The van der Waals surface area contributed by atoms with Crippen LogP contribution in [-0.4, -0.2) is 63.2 Å². The highest BCUT2D eigenvalue weighted by Gasteiger charge is 2.24. The topological polar surface area (TPSA) is 83.3 Å². The molecule has 0 atom stereocenters. The van der Waals surface area contributed by atoms with Gasteiger partial charge in [0.15, 0.2) is 5.69 Å². The monoisotopic (exact) mass is 267 g/mol. The van der Waals surface area contributed by atoms with Crippen LogP contribution in [0.1, 0.15) is 36.8 Å². The van der Waals surface area contributed by atoms with E-state index in [1.54, 1.807) is 15.8 Å². The largest absolute Gasteiger partial charge is 0.396 e. The summed E-state index contributed by atoms with van der Waals surface area (Å²) in [6.07, 6.45) is 2.28. The molecule has 1 aromatic rings. The van der Waals surface area contributed by atoms with Crippen molar-refractivity contribution in [1.29, 1.82) is 0 Å². The van der Waals surface area contributed by atoms with Crippen LogP contribution in [0, 0.1) is 0 Å². The molecule has 2 rings (SSSR count). The average molecular weight is 267 g/mol. The van der Waals surface area contributed by atoms with Gasteiger partial charge in [-0.2, -0.15) is 0 Å². The maximum atomic E-state index is 12.3. The molecular formula is C12H21N5O2. The number of hydrogen-bond acceptors (Lipinski definition) is 5. The molecular weight excluding hydrogens is 246 g/mol. The van der Waals surface area contributed by atoms with E-state index in [0.717, 1.165) is 13.1 Å². The smallest absolute Gasteiger partial charge is 0.276 e. The molecule has 0 radical (unpaired) electrons. The molecule has 106 valence electrons. The van der Waals surface area contributed by atoms with Gasteiger partial charge in [-0.15, -0.1) is 5.10 Å². The predicted molar refractivity (Wildman–Crippen MR) is 69.8 cm³/mol. The number of carbonyl (C=O) groups is 1. The van der Waals surface area contributed by atoms with E-state index in [0.29, 0.717) is 24.7 Å². The highest BCUT2D eigenvalue weighted by Crippen LogP contribution is 2.12. The molecule has 0 spiro atoms. The summed E-state index contributed by atoms with van der Waals surface area (Å²) in [5.74, 6) is -0.123. The summed E-state index contributed by atoms with van der Waals surface area (Å²) in [5.41, 5.74) is 0.374. The Morgan fingerprint density at radius 1 is 1.63 bits per heavy atom. The Morgan fingerprint density at radius 3 is 2.89 bits per heavy atom. The molecule has 1 fully saturated rings. The summed E-state index contributed by atoms with van der Waals surface area (Å²) in [5, 5.41) is 20.0. The van der Waals surface area contributed by atoms with Gasteiger partial charge in [-0.1, -0.05) is 5.21 Å². The van der Waals surface area contributed by atoms with Gasteiger partial charge in [0.05, 0.1) is 12.2 Å². The van der Waals surface area contributed by atoms with Crippen molar-refractivity contribution in [2.24, 2.45) is 0 Å². The standard InChI is InChI=1S/C12H21N5O2/c1-9(2)16(4-3-5-18)12(19)11-8-17(15-14-11)10-6-13-7-10/h8-10,13,18H,3-7H2,1-2H3. The van der Waals surface area contributed by atoms with Gasteiger partial charge in [0, 0.05) is 32.3 Å². The van der Waals surface area contributed by atoms with Crippen LogP contribution < -0.4 is 5.32 Å². The first-order valence-electron chi connectivity index (χ1n) is 6.68. The van der Waals surface area contributed by atoms with Crippen LogP contribution in [0.2, 0.25) is 0 Å². The number of amides is 1. The molecule has 19 heavy (non-hydrogen) atoms. The second kappa shape index (κ2) is 6.12. The van der Waals surface area contributed by atoms with E-state index in [2.05, 4.69) is 15.6 Å². The van der Waals surface area contributed by atoms with E-state index in [-0.39, 0.29) is 18.6 Å². The first-order chi connectivity index (χ1) is 9.13. The number of carbonyl (C=O) groups excluding carboxylic acids is 1. The molecule has 0 unspecified atom stereocenters. The maximum Gasteiger partial charge on any atom is 0.276 e. The highest BCUT2D eigenvalue weighted by atomic mass is 16.3. The van der Waals surface area contributed by atoms with Gasteiger partial charge in [0.25, 0.3) is 5.91 Å². The van der Waals surface area contributed by atoms with Crippen molar-refractivity contribution in [3.63, 3.8) is 0 Å². The third-order valence-electron chi connectivity index (χ3n) is 3.30. The zero-order valence-corrected chi connectivity index (χ0v) is 11.4. The van der Waals surface area contributed by atoms with Crippen LogP contribution in [0.25, 0.3) is 0 Å². The normalized spacial score (nSPS) is 15.6. The average Bonchev–Trinajstić information content (AvgIpc) is 2.75. The van der Waals surface area contributed by atoms with E-state index >= 15 is 0 Å². The van der Waals surface area contributed by atoms with Gasteiger partial charge in [0.1, 0.15) is 0 Å². The lowest BCUT2D eigenvalue weighted by Gasteiger charge is -2.27. The Morgan fingerprint density at radius 2 is 2.37 bits per heavy atom. The second-order valence-corrected chi connectivity index (χ2v) is 5.07. The SMILES string of the molecule is CC(C)N(CCCO)C(=O)c1cn(C2CNC2)nn1. The molecule has 0 saturated carbocycles. The first-order valence-corrected chi connectivity index (χ1v) is 6.68. The fourth-order valence-corrected chi connectivity index (χ4v) is 2.00. The zero-order valence-electron chi connectivity index (χ0n) is 11.4. The maximum absolute atomic E-state index is 12.3. The fraction of sp³-hybridized carbons (Fsp3) is 0.750. The van der Waals surface area contributed by atoms with Crippen molar-refractivity contribution in [3.8, 4) is 0 Å². The number of rotatable bonds is 6. The Labute approximate surface area is 112 Å². The van der Waals surface area contributed by atoms with Crippen molar-refractivity contribution in [2.75, 3.05) is 26.2 Å². The lowest BCUT2D eigenvalue weighted by molar-refractivity contribution is 0.0687. The summed E-state index contributed by atoms with van der Waals surface area (Å²) in [6, 6.07) is 0.383.